The van der Waals surface area contributed by atoms with Gasteiger partial charge in [0.05, 0.1) is 16.6 Å². The summed E-state index contributed by atoms with van der Waals surface area (Å²) in [5.41, 5.74) is 3.25. The fraction of sp³-hybridized carbons (Fsp3) is 0.200. The van der Waals surface area contributed by atoms with Crippen LogP contribution in [0, 0.1) is 26.6 Å². The molecule has 0 aliphatic rings. The molecule has 1 unspecified atom stereocenters. The van der Waals surface area contributed by atoms with E-state index in [4.69, 9.17) is 0 Å². The molecule has 4 aromatic rings. The van der Waals surface area contributed by atoms with Gasteiger partial charge in [0.2, 0.25) is 5.91 Å². The van der Waals surface area contributed by atoms with E-state index in [2.05, 4.69) is 15.6 Å². The molecule has 0 spiro atoms. The predicted octanol–water partition coefficient (Wildman–Crippen LogP) is 4.97. The second-order valence-corrected chi connectivity index (χ2v) is 9.14. The van der Waals surface area contributed by atoms with Crippen molar-refractivity contribution in [2.24, 2.45) is 0 Å². The van der Waals surface area contributed by atoms with E-state index in [1.54, 1.807) is 13.8 Å². The Kier molecular flexibility index (Phi) is 6.30. The van der Waals surface area contributed by atoms with Gasteiger partial charge in [0.1, 0.15) is 16.7 Å². The van der Waals surface area contributed by atoms with Gasteiger partial charge in [0, 0.05) is 11.4 Å². The summed E-state index contributed by atoms with van der Waals surface area (Å²) in [6.45, 7) is 7.17. The summed E-state index contributed by atoms with van der Waals surface area (Å²) in [6, 6.07) is 10.2. The molecule has 0 radical (unpaired) electrons. The molecule has 4 rings (SSSR count). The van der Waals surface area contributed by atoms with Crippen LogP contribution < -0.4 is 16.2 Å². The SMILES string of the molecule is Cc1ccc(NC(=O)c2sc3ncn(C(C)C(=O)Nc4ccc(F)cc4)c(=O)c3c2C)c(C)c1. The van der Waals surface area contributed by atoms with Gasteiger partial charge in [0.15, 0.2) is 0 Å². The lowest BCUT2D eigenvalue weighted by atomic mass is 10.1. The second-order valence-electron chi connectivity index (χ2n) is 8.14. The van der Waals surface area contributed by atoms with E-state index >= 15 is 0 Å². The monoisotopic (exact) mass is 478 g/mol. The summed E-state index contributed by atoms with van der Waals surface area (Å²) in [4.78, 5) is 44.1. The molecule has 0 aliphatic carbocycles. The van der Waals surface area contributed by atoms with Crippen molar-refractivity contribution >= 4 is 44.7 Å². The molecule has 0 saturated carbocycles. The molecule has 34 heavy (non-hydrogen) atoms. The predicted molar refractivity (Wildman–Crippen MR) is 132 cm³/mol. The zero-order valence-electron chi connectivity index (χ0n) is 19.1. The number of nitrogens with one attached hydrogen (secondary N) is 2. The van der Waals surface area contributed by atoms with Crippen molar-refractivity contribution in [3.63, 3.8) is 0 Å². The molecule has 1 atom stereocenters. The van der Waals surface area contributed by atoms with Crippen LogP contribution in [0.1, 0.15) is 39.3 Å². The average Bonchev–Trinajstić information content (AvgIpc) is 3.14. The largest absolute Gasteiger partial charge is 0.324 e. The molecule has 2 amide bonds. The van der Waals surface area contributed by atoms with Crippen LogP contribution in [0.5, 0.6) is 0 Å². The van der Waals surface area contributed by atoms with Crippen molar-refractivity contribution in [2.45, 2.75) is 33.7 Å². The Morgan fingerprint density at radius 2 is 1.76 bits per heavy atom. The standard InChI is InChI=1S/C25H23FN4O3S/c1-13-5-10-19(14(2)11-13)29-23(32)21-15(3)20-24(34-21)27-12-30(25(20)33)16(4)22(31)28-18-8-6-17(26)7-9-18/h5-12,16H,1-4H3,(H,28,31)(H,29,32). The number of nitrogens with zero attached hydrogens (tertiary/aromatic N) is 2. The number of rotatable bonds is 5. The van der Waals surface area contributed by atoms with E-state index in [9.17, 15) is 18.8 Å². The highest BCUT2D eigenvalue weighted by Crippen LogP contribution is 2.28. The van der Waals surface area contributed by atoms with Crippen molar-refractivity contribution in [1.29, 1.82) is 0 Å². The van der Waals surface area contributed by atoms with Crippen LogP contribution in [0.25, 0.3) is 10.2 Å². The molecule has 0 aliphatic heterocycles. The van der Waals surface area contributed by atoms with E-state index in [-0.39, 0.29) is 5.91 Å². The van der Waals surface area contributed by atoms with E-state index in [1.807, 2.05) is 32.0 Å². The number of fused-ring (bicyclic) bond motifs is 1. The smallest absolute Gasteiger partial charge is 0.266 e. The maximum Gasteiger partial charge on any atom is 0.266 e. The third-order valence-electron chi connectivity index (χ3n) is 5.62. The molecular formula is C25H23FN4O3S. The van der Waals surface area contributed by atoms with E-state index in [0.29, 0.717) is 32.0 Å². The number of anilines is 2. The molecule has 0 fully saturated rings. The molecule has 9 heteroatoms. The lowest BCUT2D eigenvalue weighted by molar-refractivity contribution is -0.118. The quantitative estimate of drug-likeness (QED) is 0.423. The van der Waals surface area contributed by atoms with E-state index in [0.717, 1.165) is 22.5 Å². The number of hydrogen-bond donors (Lipinski definition) is 2. The van der Waals surface area contributed by atoms with E-state index < -0.39 is 23.3 Å². The zero-order valence-corrected chi connectivity index (χ0v) is 19.9. The average molecular weight is 479 g/mol. The highest BCUT2D eigenvalue weighted by Gasteiger charge is 2.23. The Labute approximate surface area is 199 Å². The van der Waals surface area contributed by atoms with Gasteiger partial charge in [-0.2, -0.15) is 0 Å². The molecule has 174 valence electrons. The molecule has 2 aromatic carbocycles. The fourth-order valence-electron chi connectivity index (χ4n) is 3.67. The van der Waals surface area contributed by atoms with Gasteiger partial charge in [0.25, 0.3) is 11.5 Å². The first kappa shape index (κ1) is 23.3. The summed E-state index contributed by atoms with van der Waals surface area (Å²) in [6.07, 6.45) is 1.31. The minimum atomic E-state index is -0.874. The summed E-state index contributed by atoms with van der Waals surface area (Å²) >= 11 is 1.13. The van der Waals surface area contributed by atoms with Crippen LogP contribution in [-0.2, 0) is 4.79 Å². The van der Waals surface area contributed by atoms with Gasteiger partial charge < -0.3 is 10.6 Å². The van der Waals surface area contributed by atoms with Crippen LogP contribution in [-0.4, -0.2) is 21.4 Å². The number of aryl methyl sites for hydroxylation is 3. The highest BCUT2D eigenvalue weighted by molar-refractivity contribution is 7.20. The minimum Gasteiger partial charge on any atom is -0.324 e. The van der Waals surface area contributed by atoms with Crippen LogP contribution >= 0.6 is 11.3 Å². The minimum absolute atomic E-state index is 0.305. The van der Waals surface area contributed by atoms with Crippen LogP contribution in [0.4, 0.5) is 15.8 Å². The number of thiophene rings is 1. The summed E-state index contributed by atoms with van der Waals surface area (Å²) in [5, 5.41) is 5.87. The number of carbonyl (C=O) groups excluding carboxylic acids is 2. The Balaban J connectivity index is 1.62. The number of carbonyl (C=O) groups is 2. The van der Waals surface area contributed by atoms with Gasteiger partial charge in [-0.1, -0.05) is 17.7 Å². The van der Waals surface area contributed by atoms with Crippen LogP contribution in [0.2, 0.25) is 0 Å². The van der Waals surface area contributed by atoms with Crippen LogP contribution in [0.3, 0.4) is 0 Å². The maximum absolute atomic E-state index is 13.2. The number of amides is 2. The first-order valence-electron chi connectivity index (χ1n) is 10.6. The van der Waals surface area contributed by atoms with Crippen LogP contribution in [0.15, 0.2) is 53.6 Å². The fourth-order valence-corrected chi connectivity index (χ4v) is 4.70. The number of benzene rings is 2. The van der Waals surface area contributed by atoms with Gasteiger partial charge in [-0.3, -0.25) is 19.0 Å². The zero-order chi connectivity index (χ0) is 24.6. The molecule has 0 saturated heterocycles. The summed E-state index contributed by atoms with van der Waals surface area (Å²) in [7, 11) is 0. The molecule has 2 heterocycles. The van der Waals surface area contributed by atoms with Gasteiger partial charge in [-0.25, -0.2) is 9.37 Å². The van der Waals surface area contributed by atoms with Crippen molar-refractivity contribution in [1.82, 2.24) is 9.55 Å². The molecule has 0 bridgehead atoms. The number of aromatic nitrogens is 2. The number of halogens is 1. The Bertz CT molecular complexity index is 1470. The lowest BCUT2D eigenvalue weighted by Crippen LogP contribution is -2.31. The van der Waals surface area contributed by atoms with E-state index in [1.165, 1.54) is 35.2 Å². The first-order valence-corrected chi connectivity index (χ1v) is 11.4. The Hall–Kier alpha value is -3.85. The molecule has 2 N–H and O–H groups in total. The third kappa shape index (κ3) is 4.47. The van der Waals surface area contributed by atoms with Gasteiger partial charge in [-0.05, 0) is 69.2 Å². The summed E-state index contributed by atoms with van der Waals surface area (Å²) in [5.74, 6) is -1.18. The topological polar surface area (TPSA) is 93.1 Å². The molecular weight excluding hydrogens is 455 g/mol. The third-order valence-corrected chi connectivity index (χ3v) is 6.82. The first-order chi connectivity index (χ1) is 16.2. The Morgan fingerprint density at radius 3 is 2.44 bits per heavy atom. The maximum atomic E-state index is 13.2. The van der Waals surface area contributed by atoms with Crippen molar-refractivity contribution in [2.75, 3.05) is 10.6 Å². The van der Waals surface area contributed by atoms with Crippen molar-refractivity contribution in [3.05, 3.63) is 86.5 Å². The molecule has 2 aromatic heterocycles. The van der Waals surface area contributed by atoms with Crippen molar-refractivity contribution in [3.8, 4) is 0 Å². The Morgan fingerprint density at radius 1 is 1.06 bits per heavy atom. The second kappa shape index (κ2) is 9.18. The van der Waals surface area contributed by atoms with Gasteiger partial charge in [-0.15, -0.1) is 11.3 Å². The number of hydrogen-bond acceptors (Lipinski definition) is 5. The van der Waals surface area contributed by atoms with Gasteiger partial charge >= 0.3 is 0 Å². The molecule has 7 nitrogen and oxygen atoms in total. The highest BCUT2D eigenvalue weighted by atomic mass is 32.1. The lowest BCUT2D eigenvalue weighted by Gasteiger charge is -2.15. The summed E-state index contributed by atoms with van der Waals surface area (Å²) < 4.78 is 14.3. The normalized spacial score (nSPS) is 11.9. The van der Waals surface area contributed by atoms with Crippen molar-refractivity contribution < 1.29 is 14.0 Å².